The molecular formula is C26H28Cl2F3N5O2. The van der Waals surface area contributed by atoms with E-state index in [0.29, 0.717) is 33.7 Å². The molecule has 0 saturated heterocycles. The first kappa shape index (κ1) is 29.3. The molecule has 0 aliphatic carbocycles. The zero-order valence-electron chi connectivity index (χ0n) is 21.3. The fourth-order valence-electron chi connectivity index (χ4n) is 3.50. The van der Waals surface area contributed by atoms with Crippen molar-refractivity contribution >= 4 is 46.6 Å². The quantitative estimate of drug-likeness (QED) is 0.311. The first-order valence-electron chi connectivity index (χ1n) is 11.8. The van der Waals surface area contributed by atoms with E-state index in [4.69, 9.17) is 23.2 Å². The molecule has 3 amide bonds. The van der Waals surface area contributed by atoms with Crippen LogP contribution < -0.4 is 10.6 Å². The minimum atomic E-state index is -4.55. The van der Waals surface area contributed by atoms with Gasteiger partial charge in [0.05, 0.1) is 27.0 Å². The summed E-state index contributed by atoms with van der Waals surface area (Å²) < 4.78 is 40.6. The molecule has 7 nitrogen and oxygen atoms in total. The number of benzene rings is 2. The molecule has 0 atom stereocenters. The number of amides is 3. The molecule has 0 bridgehead atoms. The summed E-state index contributed by atoms with van der Waals surface area (Å²) >= 11 is 12.2. The van der Waals surface area contributed by atoms with Crippen molar-refractivity contribution < 1.29 is 22.8 Å². The molecule has 0 unspecified atom stereocenters. The van der Waals surface area contributed by atoms with Crippen LogP contribution in [0.3, 0.4) is 0 Å². The van der Waals surface area contributed by atoms with Gasteiger partial charge in [0.1, 0.15) is 12.4 Å². The van der Waals surface area contributed by atoms with Crippen LogP contribution in [0.5, 0.6) is 0 Å². The SMILES string of the molecule is CCCN(CC(=O)Nc1cc(C(C)(C)C)nn1-c1ccc(Cl)c(Cl)c1)C(=O)Nc1cccc(C(F)(F)F)c1. The van der Waals surface area contributed by atoms with Crippen LogP contribution >= 0.6 is 23.2 Å². The zero-order valence-corrected chi connectivity index (χ0v) is 22.8. The predicted octanol–water partition coefficient (Wildman–Crippen LogP) is 7.38. The van der Waals surface area contributed by atoms with Gasteiger partial charge < -0.3 is 15.5 Å². The number of carbonyl (C=O) groups excluding carboxylic acids is 2. The molecule has 0 aliphatic heterocycles. The lowest BCUT2D eigenvalue weighted by Gasteiger charge is -2.22. The van der Waals surface area contributed by atoms with Crippen molar-refractivity contribution in [1.82, 2.24) is 14.7 Å². The Balaban J connectivity index is 1.81. The third-order valence-electron chi connectivity index (χ3n) is 5.45. The molecule has 2 N–H and O–H groups in total. The molecular weight excluding hydrogens is 542 g/mol. The summed E-state index contributed by atoms with van der Waals surface area (Å²) in [4.78, 5) is 27.1. The molecule has 204 valence electrons. The van der Waals surface area contributed by atoms with Crippen molar-refractivity contribution in [3.63, 3.8) is 0 Å². The molecule has 3 rings (SSSR count). The van der Waals surface area contributed by atoms with Gasteiger partial charge in [-0.1, -0.05) is 57.0 Å². The van der Waals surface area contributed by atoms with E-state index < -0.39 is 23.7 Å². The summed E-state index contributed by atoms with van der Waals surface area (Å²) in [5.74, 6) is -0.160. The Morgan fingerprint density at radius 2 is 1.71 bits per heavy atom. The molecule has 0 aliphatic rings. The van der Waals surface area contributed by atoms with Crippen molar-refractivity contribution in [1.29, 1.82) is 0 Å². The van der Waals surface area contributed by atoms with E-state index in [1.165, 1.54) is 21.7 Å². The van der Waals surface area contributed by atoms with Gasteiger partial charge in [-0.2, -0.15) is 18.3 Å². The first-order chi connectivity index (χ1) is 17.7. The van der Waals surface area contributed by atoms with Crippen LogP contribution in [0.15, 0.2) is 48.5 Å². The smallest absolute Gasteiger partial charge is 0.315 e. The van der Waals surface area contributed by atoms with Gasteiger partial charge in [0.15, 0.2) is 0 Å². The predicted molar refractivity (Wildman–Crippen MR) is 143 cm³/mol. The Hall–Kier alpha value is -3.24. The summed E-state index contributed by atoms with van der Waals surface area (Å²) in [5, 5.41) is 10.5. The van der Waals surface area contributed by atoms with Crippen molar-refractivity contribution in [2.24, 2.45) is 0 Å². The van der Waals surface area contributed by atoms with E-state index in [2.05, 4.69) is 15.7 Å². The van der Waals surface area contributed by atoms with Gasteiger partial charge in [0.2, 0.25) is 5.91 Å². The van der Waals surface area contributed by atoms with Crippen LogP contribution in [0.25, 0.3) is 5.69 Å². The number of anilines is 2. The number of alkyl halides is 3. The lowest BCUT2D eigenvalue weighted by atomic mass is 9.92. The molecule has 0 saturated carbocycles. The number of rotatable bonds is 7. The van der Waals surface area contributed by atoms with Crippen LogP contribution in [-0.2, 0) is 16.4 Å². The summed E-state index contributed by atoms with van der Waals surface area (Å²) in [5.41, 5.74) is 0.0173. The molecule has 0 spiro atoms. The largest absolute Gasteiger partial charge is 0.416 e. The van der Waals surface area contributed by atoms with Crippen molar-refractivity contribution in [2.45, 2.75) is 45.7 Å². The molecule has 1 heterocycles. The third kappa shape index (κ3) is 7.41. The number of aromatic nitrogens is 2. The van der Waals surface area contributed by atoms with Gasteiger partial charge in [-0.3, -0.25) is 4.79 Å². The maximum absolute atomic E-state index is 13.0. The first-order valence-corrected chi connectivity index (χ1v) is 12.5. The van der Waals surface area contributed by atoms with E-state index in [9.17, 15) is 22.8 Å². The molecule has 3 aromatic rings. The van der Waals surface area contributed by atoms with Gasteiger partial charge in [0.25, 0.3) is 0 Å². The summed E-state index contributed by atoms with van der Waals surface area (Å²) in [6.07, 6.45) is -4.02. The molecule has 2 aromatic carbocycles. The minimum Gasteiger partial charge on any atom is -0.315 e. The highest BCUT2D eigenvalue weighted by atomic mass is 35.5. The highest BCUT2D eigenvalue weighted by molar-refractivity contribution is 6.42. The van der Waals surface area contributed by atoms with Crippen molar-refractivity contribution in [3.8, 4) is 5.69 Å². The fraction of sp³-hybridized carbons (Fsp3) is 0.346. The second kappa shape index (κ2) is 11.7. The molecule has 0 fully saturated rings. The van der Waals surface area contributed by atoms with Crippen LogP contribution in [0.1, 0.15) is 45.4 Å². The lowest BCUT2D eigenvalue weighted by Crippen LogP contribution is -2.41. The van der Waals surface area contributed by atoms with E-state index in [-0.39, 0.29) is 24.2 Å². The van der Waals surface area contributed by atoms with Gasteiger partial charge in [-0.05, 0) is 42.8 Å². The number of halogens is 5. The van der Waals surface area contributed by atoms with E-state index in [1.54, 1.807) is 24.3 Å². The lowest BCUT2D eigenvalue weighted by molar-refractivity contribution is -0.137. The van der Waals surface area contributed by atoms with Crippen LogP contribution in [0.4, 0.5) is 29.5 Å². The van der Waals surface area contributed by atoms with Gasteiger partial charge in [-0.15, -0.1) is 0 Å². The van der Waals surface area contributed by atoms with Gasteiger partial charge >= 0.3 is 12.2 Å². The normalized spacial score (nSPS) is 11.8. The topological polar surface area (TPSA) is 79.3 Å². The number of carbonyl (C=O) groups is 2. The average molecular weight is 570 g/mol. The fourth-order valence-corrected chi connectivity index (χ4v) is 3.80. The highest BCUT2D eigenvalue weighted by Crippen LogP contribution is 2.31. The molecule has 1 aromatic heterocycles. The van der Waals surface area contributed by atoms with E-state index in [1.807, 2.05) is 27.7 Å². The highest BCUT2D eigenvalue weighted by Gasteiger charge is 2.31. The monoisotopic (exact) mass is 569 g/mol. The Morgan fingerprint density at radius 1 is 1.00 bits per heavy atom. The second-order valence-corrected chi connectivity index (χ2v) is 10.5. The molecule has 38 heavy (non-hydrogen) atoms. The van der Waals surface area contributed by atoms with Crippen molar-refractivity contribution in [2.75, 3.05) is 23.7 Å². The van der Waals surface area contributed by atoms with Gasteiger partial charge in [-0.25, -0.2) is 9.48 Å². The van der Waals surface area contributed by atoms with Gasteiger partial charge in [0, 0.05) is 23.7 Å². The third-order valence-corrected chi connectivity index (χ3v) is 6.19. The van der Waals surface area contributed by atoms with Crippen LogP contribution in [0, 0.1) is 0 Å². The zero-order chi connectivity index (χ0) is 28.3. The number of nitrogens with zero attached hydrogens (tertiary/aromatic N) is 3. The maximum atomic E-state index is 13.0. The van der Waals surface area contributed by atoms with E-state index >= 15 is 0 Å². The Morgan fingerprint density at radius 3 is 2.32 bits per heavy atom. The standard InChI is InChI=1S/C26H28Cl2F3N5O2/c1-5-11-35(24(38)32-17-8-6-7-16(12-17)26(29,30)31)15-23(37)33-22-14-21(25(2,3)4)34-36(22)18-9-10-19(27)20(28)13-18/h6-10,12-14H,5,11,15H2,1-4H3,(H,32,38)(H,33,37). The summed E-state index contributed by atoms with van der Waals surface area (Å²) in [6.45, 7) is 7.61. The van der Waals surface area contributed by atoms with E-state index in [0.717, 1.165) is 12.1 Å². The maximum Gasteiger partial charge on any atom is 0.416 e. The Bertz CT molecular complexity index is 1320. The Labute approximate surface area is 228 Å². The van der Waals surface area contributed by atoms with Crippen LogP contribution in [0.2, 0.25) is 10.0 Å². The summed E-state index contributed by atoms with van der Waals surface area (Å²) in [6, 6.07) is 10.3. The second-order valence-electron chi connectivity index (χ2n) is 9.65. The average Bonchev–Trinajstić information content (AvgIpc) is 3.24. The number of urea groups is 1. The number of nitrogens with one attached hydrogen (secondary N) is 2. The minimum absolute atomic E-state index is 0.0288. The number of hydrogen-bond donors (Lipinski definition) is 2. The Kier molecular flexibility index (Phi) is 8.99. The van der Waals surface area contributed by atoms with Crippen LogP contribution in [-0.4, -0.2) is 39.7 Å². The number of hydrogen-bond acceptors (Lipinski definition) is 3. The van der Waals surface area contributed by atoms with Crippen molar-refractivity contribution in [3.05, 3.63) is 69.8 Å². The molecule has 0 radical (unpaired) electrons. The molecule has 12 heteroatoms. The summed E-state index contributed by atoms with van der Waals surface area (Å²) in [7, 11) is 0.